The molecule has 0 aliphatic carbocycles. The van der Waals surface area contributed by atoms with Crippen molar-refractivity contribution in [3.8, 4) is 0 Å². The molecule has 0 aromatic heterocycles. The van der Waals surface area contributed by atoms with Gasteiger partial charge in [0, 0.05) is 6.07 Å². The van der Waals surface area contributed by atoms with Gasteiger partial charge in [0.2, 0.25) is 0 Å². The van der Waals surface area contributed by atoms with Crippen molar-refractivity contribution >= 4 is 12.0 Å². The van der Waals surface area contributed by atoms with Crippen LogP contribution in [0.15, 0.2) is 6.07 Å². The molecule has 64 valence electrons. The van der Waals surface area contributed by atoms with E-state index in [1.807, 2.05) is 0 Å². The molecule has 1 aromatic rings. The number of anilines is 1. The maximum atomic E-state index is 12.7. The van der Waals surface area contributed by atoms with Crippen molar-refractivity contribution in [1.82, 2.24) is 0 Å². The molecule has 0 saturated heterocycles. The standard InChI is InChI=1S/C7H4F3NO/c8-4-1-5(11)7(10)3(2-12)6(4)9/h1-2H,11H2. The van der Waals surface area contributed by atoms with Crippen molar-refractivity contribution in [2.24, 2.45) is 0 Å². The Bertz CT molecular complexity index is 312. The minimum Gasteiger partial charge on any atom is -0.396 e. The van der Waals surface area contributed by atoms with Crippen molar-refractivity contribution in [2.75, 3.05) is 5.73 Å². The zero-order valence-corrected chi connectivity index (χ0v) is 5.77. The van der Waals surface area contributed by atoms with Crippen LogP contribution in [0.4, 0.5) is 18.9 Å². The zero-order valence-electron chi connectivity index (χ0n) is 5.77. The van der Waals surface area contributed by atoms with Crippen LogP contribution in [0, 0.1) is 17.5 Å². The summed E-state index contributed by atoms with van der Waals surface area (Å²) in [7, 11) is 0. The minimum absolute atomic E-state index is 0.121. The Labute approximate surface area is 65.8 Å². The average Bonchev–Trinajstić information content (AvgIpc) is 2.02. The summed E-state index contributed by atoms with van der Waals surface area (Å²) in [6.45, 7) is 0. The number of carbonyl (C=O) groups excluding carboxylic acids is 1. The highest BCUT2D eigenvalue weighted by Gasteiger charge is 2.16. The number of nitrogens with two attached hydrogens (primary N) is 1. The van der Waals surface area contributed by atoms with Crippen LogP contribution >= 0.6 is 0 Å². The van der Waals surface area contributed by atoms with E-state index in [0.717, 1.165) is 0 Å². The van der Waals surface area contributed by atoms with Crippen molar-refractivity contribution in [3.05, 3.63) is 29.1 Å². The highest BCUT2D eigenvalue weighted by atomic mass is 19.2. The normalized spacial score (nSPS) is 9.92. The molecule has 5 heteroatoms. The molecule has 0 saturated carbocycles. The van der Waals surface area contributed by atoms with Crippen LogP contribution in [0.1, 0.15) is 10.4 Å². The second-order valence-electron chi connectivity index (χ2n) is 2.11. The summed E-state index contributed by atoms with van der Waals surface area (Å²) >= 11 is 0. The molecule has 1 rings (SSSR count). The highest BCUT2D eigenvalue weighted by Crippen LogP contribution is 2.19. The number of hydrogen-bond acceptors (Lipinski definition) is 2. The summed E-state index contributed by atoms with van der Waals surface area (Å²) < 4.78 is 37.6. The Morgan fingerprint density at radius 2 is 1.83 bits per heavy atom. The highest BCUT2D eigenvalue weighted by molar-refractivity contribution is 5.77. The fourth-order valence-electron chi connectivity index (χ4n) is 0.747. The second kappa shape index (κ2) is 2.84. The predicted molar refractivity (Wildman–Crippen MR) is 36.1 cm³/mol. The fraction of sp³-hybridized carbons (Fsp3) is 0. The Hall–Kier alpha value is -1.52. The lowest BCUT2D eigenvalue weighted by Crippen LogP contribution is -2.02. The number of nitrogen functional groups attached to an aromatic ring is 1. The third-order valence-corrected chi connectivity index (χ3v) is 1.34. The van der Waals surface area contributed by atoms with E-state index in [1.54, 1.807) is 0 Å². The summed E-state index contributed by atoms with van der Waals surface area (Å²) in [5, 5.41) is 0. The van der Waals surface area contributed by atoms with Gasteiger partial charge in [-0.05, 0) is 0 Å². The maximum Gasteiger partial charge on any atom is 0.172 e. The SMILES string of the molecule is Nc1cc(F)c(F)c(C=O)c1F. The molecule has 2 nitrogen and oxygen atoms in total. The van der Waals surface area contributed by atoms with E-state index >= 15 is 0 Å². The van der Waals surface area contributed by atoms with Crippen LogP contribution in [0.25, 0.3) is 0 Å². The Kier molecular flexibility index (Phi) is 2.03. The third kappa shape index (κ3) is 1.13. The quantitative estimate of drug-likeness (QED) is 0.399. The molecule has 0 amide bonds. The van der Waals surface area contributed by atoms with Gasteiger partial charge in [0.1, 0.15) is 0 Å². The van der Waals surface area contributed by atoms with E-state index in [4.69, 9.17) is 5.73 Å². The largest absolute Gasteiger partial charge is 0.396 e. The molecular weight excluding hydrogens is 171 g/mol. The van der Waals surface area contributed by atoms with Crippen LogP contribution < -0.4 is 5.73 Å². The molecule has 12 heavy (non-hydrogen) atoms. The second-order valence-corrected chi connectivity index (χ2v) is 2.11. The predicted octanol–water partition coefficient (Wildman–Crippen LogP) is 1.50. The van der Waals surface area contributed by atoms with Crippen LogP contribution in [-0.2, 0) is 0 Å². The van der Waals surface area contributed by atoms with Gasteiger partial charge in [-0.25, -0.2) is 13.2 Å². The van der Waals surface area contributed by atoms with Gasteiger partial charge in [-0.15, -0.1) is 0 Å². The number of halogens is 3. The van der Waals surface area contributed by atoms with Gasteiger partial charge in [-0.1, -0.05) is 0 Å². The molecule has 0 atom stereocenters. The number of benzene rings is 1. The van der Waals surface area contributed by atoms with Crippen LogP contribution in [0.5, 0.6) is 0 Å². The number of hydrogen-bond donors (Lipinski definition) is 1. The Morgan fingerprint density at radius 3 is 2.33 bits per heavy atom. The molecule has 0 unspecified atom stereocenters. The van der Waals surface area contributed by atoms with E-state index in [1.165, 1.54) is 0 Å². The van der Waals surface area contributed by atoms with E-state index in [-0.39, 0.29) is 6.29 Å². The summed E-state index contributed by atoms with van der Waals surface area (Å²) in [6, 6.07) is 0.484. The molecule has 1 aromatic carbocycles. The first kappa shape index (κ1) is 8.58. The number of aldehydes is 1. The monoisotopic (exact) mass is 175 g/mol. The van der Waals surface area contributed by atoms with Gasteiger partial charge < -0.3 is 5.73 Å². The van der Waals surface area contributed by atoms with Gasteiger partial charge in [0.25, 0.3) is 0 Å². The fourth-order valence-corrected chi connectivity index (χ4v) is 0.747. The van der Waals surface area contributed by atoms with E-state index in [9.17, 15) is 18.0 Å². The van der Waals surface area contributed by atoms with Crippen molar-refractivity contribution in [1.29, 1.82) is 0 Å². The Morgan fingerprint density at radius 1 is 1.25 bits per heavy atom. The number of carbonyl (C=O) groups is 1. The van der Waals surface area contributed by atoms with Gasteiger partial charge in [0.05, 0.1) is 11.3 Å². The van der Waals surface area contributed by atoms with Crippen LogP contribution in [0.3, 0.4) is 0 Å². The molecule has 0 spiro atoms. The van der Waals surface area contributed by atoms with Crippen LogP contribution in [0.2, 0.25) is 0 Å². The molecule has 0 bridgehead atoms. The lowest BCUT2D eigenvalue weighted by Gasteiger charge is -2.01. The Balaban J connectivity index is 3.52. The summed E-state index contributed by atoms with van der Waals surface area (Å²) in [4.78, 5) is 10.1. The van der Waals surface area contributed by atoms with Gasteiger partial charge in [-0.2, -0.15) is 0 Å². The topological polar surface area (TPSA) is 43.1 Å². The first-order chi connectivity index (χ1) is 5.57. The first-order valence-corrected chi connectivity index (χ1v) is 2.96. The van der Waals surface area contributed by atoms with Crippen molar-refractivity contribution in [3.63, 3.8) is 0 Å². The summed E-state index contributed by atoms with van der Waals surface area (Å²) in [5.41, 5.74) is 3.36. The van der Waals surface area contributed by atoms with Crippen molar-refractivity contribution in [2.45, 2.75) is 0 Å². The molecule has 0 radical (unpaired) electrons. The molecule has 0 fully saturated rings. The smallest absolute Gasteiger partial charge is 0.172 e. The maximum absolute atomic E-state index is 12.7. The number of rotatable bonds is 1. The minimum atomic E-state index is -1.52. The summed E-state index contributed by atoms with van der Waals surface area (Å²) in [5.74, 6) is -4.09. The molecule has 0 aliphatic rings. The summed E-state index contributed by atoms with van der Waals surface area (Å²) in [6.07, 6.45) is -0.121. The van der Waals surface area contributed by atoms with E-state index in [2.05, 4.69) is 0 Å². The van der Waals surface area contributed by atoms with Gasteiger partial charge >= 0.3 is 0 Å². The van der Waals surface area contributed by atoms with Crippen molar-refractivity contribution < 1.29 is 18.0 Å². The van der Waals surface area contributed by atoms with Crippen LogP contribution in [-0.4, -0.2) is 6.29 Å². The molecule has 0 heterocycles. The lowest BCUT2D eigenvalue weighted by atomic mass is 10.2. The van der Waals surface area contributed by atoms with Gasteiger partial charge in [0.15, 0.2) is 23.7 Å². The first-order valence-electron chi connectivity index (χ1n) is 2.96. The lowest BCUT2D eigenvalue weighted by molar-refractivity contribution is 0.111. The molecule has 2 N–H and O–H groups in total. The zero-order chi connectivity index (χ0) is 9.30. The van der Waals surface area contributed by atoms with E-state index < -0.39 is 28.7 Å². The third-order valence-electron chi connectivity index (χ3n) is 1.34. The van der Waals surface area contributed by atoms with E-state index in [0.29, 0.717) is 6.07 Å². The molecule has 0 aliphatic heterocycles. The average molecular weight is 175 g/mol. The van der Waals surface area contributed by atoms with Gasteiger partial charge in [-0.3, -0.25) is 4.79 Å². The molecular formula is C7H4F3NO.